The molecule has 0 saturated carbocycles. The van der Waals surface area contributed by atoms with Crippen LogP contribution in [-0.4, -0.2) is 20.3 Å². The van der Waals surface area contributed by atoms with E-state index >= 15 is 0 Å². The molecule has 5 rings (SSSR count). The molecule has 7 nitrogen and oxygen atoms in total. The molecule has 0 spiro atoms. The molecule has 1 amide bonds. The molecule has 2 heterocycles. The molecule has 1 N–H and O–H groups in total. The van der Waals surface area contributed by atoms with Crippen molar-refractivity contribution in [3.63, 3.8) is 0 Å². The van der Waals surface area contributed by atoms with E-state index in [1.165, 1.54) is 4.57 Å². The van der Waals surface area contributed by atoms with Crippen molar-refractivity contribution in [1.29, 1.82) is 0 Å². The molecule has 164 valence electrons. The summed E-state index contributed by atoms with van der Waals surface area (Å²) >= 11 is 0. The molecule has 7 heteroatoms. The van der Waals surface area contributed by atoms with E-state index in [2.05, 4.69) is 5.32 Å². The van der Waals surface area contributed by atoms with Gasteiger partial charge in [0.2, 0.25) is 5.91 Å². The monoisotopic (exact) mass is 438 g/mol. The number of nitrogens with zero attached hydrogens (tertiary/aromatic N) is 3. The van der Waals surface area contributed by atoms with E-state index in [9.17, 15) is 9.59 Å². The molecule has 0 saturated heterocycles. The van der Waals surface area contributed by atoms with Crippen LogP contribution >= 0.6 is 0 Å². The lowest BCUT2D eigenvalue weighted by Crippen LogP contribution is -2.34. The smallest absolute Gasteiger partial charge is 0.408 e. The second-order valence-electron chi connectivity index (χ2n) is 7.75. The van der Waals surface area contributed by atoms with Crippen molar-refractivity contribution in [3.8, 4) is 16.9 Å². The summed E-state index contributed by atoms with van der Waals surface area (Å²) in [5, 5.41) is 7.73. The lowest BCUT2D eigenvalue weighted by atomic mass is 10.1. The SMILES string of the molecule is C[C@@H](C(=O)NCc1cn(-c2ccccc2)nc1-c1ccccc1)n1c(=O)oc2ccccc21. The van der Waals surface area contributed by atoms with E-state index in [1.54, 1.807) is 29.8 Å². The van der Waals surface area contributed by atoms with Crippen molar-refractivity contribution in [3.05, 3.63) is 107 Å². The zero-order chi connectivity index (χ0) is 22.8. The molecule has 1 atom stereocenters. The van der Waals surface area contributed by atoms with Gasteiger partial charge in [-0.25, -0.2) is 9.48 Å². The molecule has 2 aromatic heterocycles. The maximum Gasteiger partial charge on any atom is 0.420 e. The third-order valence-electron chi connectivity index (χ3n) is 5.60. The number of hydrogen-bond acceptors (Lipinski definition) is 4. The van der Waals surface area contributed by atoms with Crippen LogP contribution in [-0.2, 0) is 11.3 Å². The number of nitrogens with one attached hydrogen (secondary N) is 1. The molecule has 3 aromatic carbocycles. The van der Waals surface area contributed by atoms with Crippen LogP contribution in [0.4, 0.5) is 0 Å². The molecule has 0 bridgehead atoms. The third-order valence-corrected chi connectivity index (χ3v) is 5.60. The zero-order valence-electron chi connectivity index (χ0n) is 18.0. The molecule has 0 radical (unpaired) electrons. The highest BCUT2D eigenvalue weighted by molar-refractivity contribution is 5.83. The number of hydrogen-bond donors (Lipinski definition) is 1. The van der Waals surface area contributed by atoms with Crippen LogP contribution in [0.5, 0.6) is 0 Å². The maximum atomic E-state index is 13.0. The number of rotatable bonds is 6. The predicted molar refractivity (Wildman–Crippen MR) is 126 cm³/mol. The van der Waals surface area contributed by atoms with Crippen LogP contribution in [0, 0.1) is 0 Å². The topological polar surface area (TPSA) is 82.1 Å². The van der Waals surface area contributed by atoms with Crippen molar-refractivity contribution in [2.45, 2.75) is 19.5 Å². The molecule has 33 heavy (non-hydrogen) atoms. The van der Waals surface area contributed by atoms with Gasteiger partial charge in [-0.2, -0.15) is 5.10 Å². The number of para-hydroxylation sites is 3. The van der Waals surface area contributed by atoms with E-state index in [-0.39, 0.29) is 12.5 Å². The van der Waals surface area contributed by atoms with Crippen molar-refractivity contribution in [1.82, 2.24) is 19.7 Å². The Labute approximate surface area is 189 Å². The second-order valence-corrected chi connectivity index (χ2v) is 7.75. The Kier molecular flexibility index (Phi) is 5.36. The van der Waals surface area contributed by atoms with Gasteiger partial charge in [0.1, 0.15) is 6.04 Å². The summed E-state index contributed by atoms with van der Waals surface area (Å²) < 4.78 is 8.45. The highest BCUT2D eigenvalue weighted by Gasteiger charge is 2.22. The van der Waals surface area contributed by atoms with Gasteiger partial charge >= 0.3 is 5.76 Å². The van der Waals surface area contributed by atoms with Crippen molar-refractivity contribution >= 4 is 17.0 Å². The average molecular weight is 438 g/mol. The van der Waals surface area contributed by atoms with E-state index in [4.69, 9.17) is 9.52 Å². The maximum absolute atomic E-state index is 13.0. The molecule has 0 fully saturated rings. The Balaban J connectivity index is 1.43. The van der Waals surface area contributed by atoms with Crippen molar-refractivity contribution < 1.29 is 9.21 Å². The first-order valence-electron chi connectivity index (χ1n) is 10.7. The summed E-state index contributed by atoms with van der Waals surface area (Å²) in [6, 6.07) is 26.0. The summed E-state index contributed by atoms with van der Waals surface area (Å²) in [6.07, 6.45) is 1.92. The fourth-order valence-corrected chi connectivity index (χ4v) is 3.89. The molecule has 5 aromatic rings. The van der Waals surface area contributed by atoms with Crippen LogP contribution < -0.4 is 11.1 Å². The highest BCUT2D eigenvalue weighted by atomic mass is 16.4. The minimum Gasteiger partial charge on any atom is -0.408 e. The van der Waals surface area contributed by atoms with E-state index in [0.717, 1.165) is 22.5 Å². The van der Waals surface area contributed by atoms with Gasteiger partial charge in [-0.3, -0.25) is 9.36 Å². The average Bonchev–Trinajstić information content (AvgIpc) is 3.43. The number of oxazole rings is 1. The predicted octanol–water partition coefficient (Wildman–Crippen LogP) is 4.32. The molecule has 0 aliphatic rings. The molecule has 0 aliphatic heterocycles. The van der Waals surface area contributed by atoms with Crippen LogP contribution in [0.25, 0.3) is 28.0 Å². The third kappa shape index (κ3) is 3.96. The molecule has 0 aliphatic carbocycles. The van der Waals surface area contributed by atoms with Gasteiger partial charge in [-0.05, 0) is 31.2 Å². The van der Waals surface area contributed by atoms with Gasteiger partial charge in [-0.15, -0.1) is 0 Å². The standard InChI is InChI=1S/C26H22N4O3/c1-18(30-22-14-8-9-15-23(22)33-26(30)32)25(31)27-16-20-17-29(21-12-6-3-7-13-21)28-24(20)19-10-4-2-5-11-19/h2-15,17-18H,16H2,1H3,(H,27,31)/t18-/m0/s1. The summed E-state index contributed by atoms with van der Waals surface area (Å²) in [5.41, 5.74) is 4.59. The fourth-order valence-electron chi connectivity index (χ4n) is 3.89. The van der Waals surface area contributed by atoms with Crippen LogP contribution in [0.3, 0.4) is 0 Å². The van der Waals surface area contributed by atoms with Crippen LogP contribution in [0.15, 0.2) is 100 Å². The Morgan fingerprint density at radius 3 is 2.39 bits per heavy atom. The summed E-state index contributed by atoms with van der Waals surface area (Å²) in [4.78, 5) is 25.4. The lowest BCUT2D eigenvalue weighted by molar-refractivity contribution is -0.124. The number of fused-ring (bicyclic) bond motifs is 1. The van der Waals surface area contributed by atoms with Crippen molar-refractivity contribution in [2.75, 3.05) is 0 Å². The molecular formula is C26H22N4O3. The summed E-state index contributed by atoms with van der Waals surface area (Å²) in [7, 11) is 0. The Morgan fingerprint density at radius 1 is 0.970 bits per heavy atom. The lowest BCUT2D eigenvalue weighted by Gasteiger charge is -2.13. The highest BCUT2D eigenvalue weighted by Crippen LogP contribution is 2.24. The minimum absolute atomic E-state index is 0.269. The number of aromatic nitrogens is 3. The quantitative estimate of drug-likeness (QED) is 0.428. The first-order chi connectivity index (χ1) is 16.1. The summed E-state index contributed by atoms with van der Waals surface area (Å²) in [5.74, 6) is -0.837. The van der Waals surface area contributed by atoms with Gasteiger partial charge in [0, 0.05) is 23.9 Å². The Morgan fingerprint density at radius 2 is 1.64 bits per heavy atom. The van der Waals surface area contributed by atoms with E-state index in [0.29, 0.717) is 11.1 Å². The van der Waals surface area contributed by atoms with Gasteiger partial charge in [0.25, 0.3) is 0 Å². The zero-order valence-corrected chi connectivity index (χ0v) is 18.0. The first kappa shape index (κ1) is 20.5. The minimum atomic E-state index is -0.731. The second kappa shape index (κ2) is 8.63. The van der Waals surface area contributed by atoms with E-state index < -0.39 is 11.8 Å². The largest absolute Gasteiger partial charge is 0.420 e. The van der Waals surface area contributed by atoms with Gasteiger partial charge in [0.05, 0.1) is 16.9 Å². The number of carbonyl (C=O) groups is 1. The molecule has 0 unspecified atom stereocenters. The van der Waals surface area contributed by atoms with Gasteiger partial charge < -0.3 is 9.73 Å². The van der Waals surface area contributed by atoms with E-state index in [1.807, 2.05) is 72.9 Å². The van der Waals surface area contributed by atoms with Crippen LogP contribution in [0.1, 0.15) is 18.5 Å². The fraction of sp³-hybridized carbons (Fsp3) is 0.115. The Hall–Kier alpha value is -4.39. The number of benzene rings is 3. The summed E-state index contributed by atoms with van der Waals surface area (Å²) in [6.45, 7) is 1.95. The van der Waals surface area contributed by atoms with Crippen LogP contribution in [0.2, 0.25) is 0 Å². The number of carbonyl (C=O) groups excluding carboxylic acids is 1. The molecular weight excluding hydrogens is 416 g/mol. The Bertz CT molecular complexity index is 1470. The number of amides is 1. The normalized spacial score (nSPS) is 12.0. The van der Waals surface area contributed by atoms with Gasteiger partial charge in [0.15, 0.2) is 5.58 Å². The van der Waals surface area contributed by atoms with Crippen molar-refractivity contribution in [2.24, 2.45) is 0 Å². The van der Waals surface area contributed by atoms with Gasteiger partial charge in [-0.1, -0.05) is 60.7 Å². The first-order valence-corrected chi connectivity index (χ1v) is 10.7.